The molecule has 0 amide bonds. The number of nitrogens with one attached hydrogen (secondary N) is 1. The van der Waals surface area contributed by atoms with Gasteiger partial charge in [0.15, 0.2) is 16.1 Å². The van der Waals surface area contributed by atoms with Crippen LogP contribution in [0.2, 0.25) is 20.4 Å². The SMILES string of the molecule is O=S(=O)(Nc1c(Cl)ncnc1Cl)c1ccc(Cl)c(F)c1Cl. The maximum atomic E-state index is 13.6. The van der Waals surface area contributed by atoms with Crippen molar-refractivity contribution in [2.24, 2.45) is 0 Å². The van der Waals surface area contributed by atoms with Crippen molar-refractivity contribution in [3.8, 4) is 0 Å². The van der Waals surface area contributed by atoms with Gasteiger partial charge in [-0.25, -0.2) is 22.8 Å². The van der Waals surface area contributed by atoms with Gasteiger partial charge in [0.05, 0.1) is 10.0 Å². The molecule has 0 atom stereocenters. The molecule has 11 heteroatoms. The average Bonchev–Trinajstić information content (AvgIpc) is 2.40. The second-order valence-electron chi connectivity index (χ2n) is 3.61. The van der Waals surface area contributed by atoms with Gasteiger partial charge >= 0.3 is 0 Å². The first kappa shape index (κ1) is 16.5. The summed E-state index contributed by atoms with van der Waals surface area (Å²) in [5.74, 6) is -1.05. The Labute approximate surface area is 139 Å². The molecule has 21 heavy (non-hydrogen) atoms. The van der Waals surface area contributed by atoms with E-state index in [9.17, 15) is 12.8 Å². The minimum absolute atomic E-state index is 0.218. The molecule has 1 heterocycles. The molecule has 0 spiro atoms. The predicted molar refractivity (Wildman–Crippen MR) is 79.3 cm³/mol. The predicted octanol–water partition coefficient (Wildman–Crippen LogP) is 4.03. The average molecular weight is 391 g/mol. The molecule has 0 saturated heterocycles. The second kappa shape index (κ2) is 6.10. The standard InChI is InChI=1S/C10H4Cl4FN3O2S/c11-4-1-2-5(6(12)7(4)15)21(19,20)18-8-9(13)16-3-17-10(8)14/h1-3,18H. The summed E-state index contributed by atoms with van der Waals surface area (Å²) in [5.41, 5.74) is -0.243. The zero-order valence-electron chi connectivity index (χ0n) is 9.74. The molecule has 0 bridgehead atoms. The van der Waals surface area contributed by atoms with E-state index in [0.717, 1.165) is 18.5 Å². The van der Waals surface area contributed by atoms with Crippen LogP contribution in [0.1, 0.15) is 0 Å². The molecule has 1 N–H and O–H groups in total. The third-order valence-corrected chi connectivity index (χ3v) is 5.02. The monoisotopic (exact) mass is 389 g/mol. The fraction of sp³-hybridized carbons (Fsp3) is 0. The third kappa shape index (κ3) is 3.32. The molecule has 0 fully saturated rings. The van der Waals surface area contributed by atoms with Gasteiger partial charge < -0.3 is 0 Å². The quantitative estimate of drug-likeness (QED) is 0.634. The van der Waals surface area contributed by atoms with Crippen LogP contribution in [0.25, 0.3) is 0 Å². The van der Waals surface area contributed by atoms with Crippen molar-refractivity contribution in [1.29, 1.82) is 0 Å². The number of anilines is 1. The van der Waals surface area contributed by atoms with E-state index in [-0.39, 0.29) is 21.0 Å². The number of aromatic nitrogens is 2. The highest BCUT2D eigenvalue weighted by Gasteiger charge is 2.24. The van der Waals surface area contributed by atoms with Crippen molar-refractivity contribution < 1.29 is 12.8 Å². The van der Waals surface area contributed by atoms with Gasteiger partial charge in [-0.2, -0.15) is 0 Å². The van der Waals surface area contributed by atoms with E-state index in [4.69, 9.17) is 46.4 Å². The van der Waals surface area contributed by atoms with E-state index in [1.54, 1.807) is 0 Å². The van der Waals surface area contributed by atoms with Crippen LogP contribution in [0.5, 0.6) is 0 Å². The Morgan fingerprint density at radius 1 is 1.05 bits per heavy atom. The van der Waals surface area contributed by atoms with Gasteiger partial charge in [0.2, 0.25) is 0 Å². The molecular formula is C10H4Cl4FN3O2S. The van der Waals surface area contributed by atoms with Gasteiger partial charge in [-0.05, 0) is 12.1 Å². The molecule has 0 aliphatic heterocycles. The van der Waals surface area contributed by atoms with E-state index in [1.807, 2.05) is 4.72 Å². The summed E-state index contributed by atoms with van der Waals surface area (Å²) in [5, 5.41) is -1.40. The van der Waals surface area contributed by atoms with Crippen LogP contribution in [0.3, 0.4) is 0 Å². The highest BCUT2D eigenvalue weighted by atomic mass is 35.5. The topological polar surface area (TPSA) is 72.0 Å². The molecule has 0 unspecified atom stereocenters. The number of halogens is 5. The Bertz CT molecular complexity index is 796. The summed E-state index contributed by atoms with van der Waals surface area (Å²) in [4.78, 5) is 6.65. The number of sulfonamides is 1. The molecule has 1 aromatic heterocycles. The highest BCUT2D eigenvalue weighted by Crippen LogP contribution is 2.33. The molecule has 0 aliphatic carbocycles. The maximum Gasteiger partial charge on any atom is 0.263 e. The lowest BCUT2D eigenvalue weighted by molar-refractivity contribution is 0.595. The lowest BCUT2D eigenvalue weighted by Gasteiger charge is -2.11. The van der Waals surface area contributed by atoms with Gasteiger partial charge in [0, 0.05) is 0 Å². The zero-order chi connectivity index (χ0) is 15.8. The van der Waals surface area contributed by atoms with Crippen LogP contribution in [-0.4, -0.2) is 18.4 Å². The third-order valence-electron chi connectivity index (χ3n) is 2.28. The van der Waals surface area contributed by atoms with Crippen molar-refractivity contribution in [3.05, 3.63) is 44.6 Å². The first-order chi connectivity index (χ1) is 9.74. The minimum atomic E-state index is -4.26. The number of benzene rings is 1. The van der Waals surface area contributed by atoms with Crippen LogP contribution >= 0.6 is 46.4 Å². The van der Waals surface area contributed by atoms with E-state index in [2.05, 4.69) is 9.97 Å². The van der Waals surface area contributed by atoms with Crippen molar-refractivity contribution in [1.82, 2.24) is 9.97 Å². The lowest BCUT2D eigenvalue weighted by Crippen LogP contribution is -2.15. The summed E-state index contributed by atoms with van der Waals surface area (Å²) in [7, 11) is -4.26. The normalized spacial score (nSPS) is 11.5. The van der Waals surface area contributed by atoms with E-state index in [0.29, 0.717) is 0 Å². The van der Waals surface area contributed by atoms with Gasteiger partial charge in [-0.15, -0.1) is 0 Å². The molecule has 0 saturated carbocycles. The molecule has 1 aromatic carbocycles. The maximum absolute atomic E-state index is 13.6. The van der Waals surface area contributed by atoms with Crippen molar-refractivity contribution >= 4 is 62.1 Å². The molecular weight excluding hydrogens is 387 g/mol. The van der Waals surface area contributed by atoms with Crippen molar-refractivity contribution in [3.63, 3.8) is 0 Å². The minimum Gasteiger partial charge on any atom is -0.274 e. The summed E-state index contributed by atoms with van der Waals surface area (Å²) < 4.78 is 40.1. The Hall–Kier alpha value is -0.860. The fourth-order valence-corrected chi connectivity index (χ4v) is 3.68. The fourth-order valence-electron chi connectivity index (χ4n) is 1.33. The Balaban J connectivity index is 2.52. The molecule has 0 aliphatic rings. The molecule has 2 aromatic rings. The van der Waals surface area contributed by atoms with Gasteiger partial charge in [-0.1, -0.05) is 46.4 Å². The lowest BCUT2D eigenvalue weighted by atomic mass is 10.3. The van der Waals surface area contributed by atoms with Crippen molar-refractivity contribution in [2.45, 2.75) is 4.90 Å². The largest absolute Gasteiger partial charge is 0.274 e. The van der Waals surface area contributed by atoms with Gasteiger partial charge in [-0.3, -0.25) is 4.72 Å². The van der Waals surface area contributed by atoms with Gasteiger partial charge in [0.1, 0.15) is 16.9 Å². The van der Waals surface area contributed by atoms with E-state index in [1.165, 1.54) is 0 Å². The first-order valence-corrected chi connectivity index (χ1v) is 8.06. The summed E-state index contributed by atoms with van der Waals surface area (Å²) in [6, 6.07) is 2.10. The van der Waals surface area contributed by atoms with Crippen molar-refractivity contribution in [2.75, 3.05) is 4.72 Å². The molecule has 112 valence electrons. The van der Waals surface area contributed by atoms with E-state index >= 15 is 0 Å². The summed E-state index contributed by atoms with van der Waals surface area (Å²) >= 11 is 22.6. The number of nitrogens with zero attached hydrogens (tertiary/aromatic N) is 2. The summed E-state index contributed by atoms with van der Waals surface area (Å²) in [6.07, 6.45) is 1.05. The number of rotatable bonds is 3. The Morgan fingerprint density at radius 3 is 2.19 bits per heavy atom. The van der Waals surface area contributed by atoms with Crippen LogP contribution in [-0.2, 0) is 10.0 Å². The number of hydrogen-bond acceptors (Lipinski definition) is 4. The summed E-state index contributed by atoms with van der Waals surface area (Å²) in [6.45, 7) is 0. The first-order valence-electron chi connectivity index (χ1n) is 5.06. The van der Waals surface area contributed by atoms with Crippen LogP contribution in [0.4, 0.5) is 10.1 Å². The molecule has 0 radical (unpaired) electrons. The number of hydrogen-bond donors (Lipinski definition) is 1. The second-order valence-corrected chi connectivity index (χ2v) is 6.76. The molecule has 2 rings (SSSR count). The highest BCUT2D eigenvalue weighted by molar-refractivity contribution is 7.92. The Morgan fingerprint density at radius 2 is 1.62 bits per heavy atom. The van der Waals surface area contributed by atoms with E-state index < -0.39 is 25.8 Å². The smallest absolute Gasteiger partial charge is 0.263 e. The van der Waals surface area contributed by atoms with Crippen LogP contribution in [0, 0.1) is 5.82 Å². The van der Waals surface area contributed by atoms with Crippen LogP contribution in [0.15, 0.2) is 23.4 Å². The zero-order valence-corrected chi connectivity index (χ0v) is 13.6. The van der Waals surface area contributed by atoms with Crippen LogP contribution < -0.4 is 4.72 Å². The Kier molecular flexibility index (Phi) is 4.79. The van der Waals surface area contributed by atoms with Gasteiger partial charge in [0.25, 0.3) is 10.0 Å². The molecule has 5 nitrogen and oxygen atoms in total.